The fourth-order valence-corrected chi connectivity index (χ4v) is 1.43. The van der Waals surface area contributed by atoms with Crippen molar-refractivity contribution >= 4 is 13.6 Å². The summed E-state index contributed by atoms with van der Waals surface area (Å²) in [5, 5.41) is 17.6. The standard InChI is InChI=1S/C7H13O6P/c1-5(7(9)10)4-6(8)2-3-14(11,12)13/h6,8H,1-4H2,(H,9,10)(H2,11,12,13). The van der Waals surface area contributed by atoms with Crippen molar-refractivity contribution in [2.24, 2.45) is 0 Å². The molecule has 1 unspecified atom stereocenters. The van der Waals surface area contributed by atoms with Crippen LogP contribution in [0.3, 0.4) is 0 Å². The molecule has 7 heteroatoms. The summed E-state index contributed by atoms with van der Waals surface area (Å²) in [6.07, 6.45) is -1.86. The fraction of sp³-hybridized carbons (Fsp3) is 0.571. The molecule has 6 nitrogen and oxygen atoms in total. The second-order valence-corrected chi connectivity index (χ2v) is 4.72. The molecule has 0 radical (unpaired) electrons. The van der Waals surface area contributed by atoms with Gasteiger partial charge in [0.25, 0.3) is 0 Å². The maximum Gasteiger partial charge on any atom is 0.331 e. The molecule has 0 aromatic carbocycles. The molecule has 0 bridgehead atoms. The van der Waals surface area contributed by atoms with Crippen molar-refractivity contribution in [2.75, 3.05) is 6.16 Å². The SMILES string of the molecule is C=C(CC(O)CCP(=O)(O)O)C(=O)O. The lowest BCUT2D eigenvalue weighted by molar-refractivity contribution is -0.133. The third kappa shape index (κ3) is 6.80. The van der Waals surface area contributed by atoms with E-state index in [9.17, 15) is 9.36 Å². The van der Waals surface area contributed by atoms with Gasteiger partial charge in [0.05, 0.1) is 12.3 Å². The second-order valence-electron chi connectivity index (χ2n) is 2.94. The molecular weight excluding hydrogens is 211 g/mol. The number of aliphatic carboxylic acids is 1. The van der Waals surface area contributed by atoms with Crippen LogP contribution in [0.2, 0.25) is 0 Å². The van der Waals surface area contributed by atoms with E-state index in [0.29, 0.717) is 0 Å². The molecule has 1 atom stereocenters. The zero-order valence-electron chi connectivity index (χ0n) is 7.46. The first-order valence-corrected chi connectivity index (χ1v) is 5.66. The molecule has 14 heavy (non-hydrogen) atoms. The highest BCUT2D eigenvalue weighted by molar-refractivity contribution is 7.51. The van der Waals surface area contributed by atoms with Crippen LogP contribution >= 0.6 is 7.60 Å². The molecular formula is C7H13O6P. The van der Waals surface area contributed by atoms with Gasteiger partial charge in [-0.1, -0.05) is 6.58 Å². The molecule has 0 amide bonds. The van der Waals surface area contributed by atoms with E-state index < -0.39 is 25.8 Å². The number of carboxylic acids is 1. The molecule has 4 N–H and O–H groups in total. The van der Waals surface area contributed by atoms with E-state index in [0.717, 1.165) is 0 Å². The topological polar surface area (TPSA) is 115 Å². The number of hydrogen-bond acceptors (Lipinski definition) is 3. The zero-order valence-corrected chi connectivity index (χ0v) is 8.35. The van der Waals surface area contributed by atoms with Crippen LogP contribution in [0.4, 0.5) is 0 Å². The van der Waals surface area contributed by atoms with Gasteiger partial charge < -0.3 is 20.0 Å². The first kappa shape index (κ1) is 13.3. The summed E-state index contributed by atoms with van der Waals surface area (Å²) in [5.41, 5.74) is -0.178. The molecule has 0 aliphatic heterocycles. The minimum absolute atomic E-state index is 0.142. The Kier molecular flexibility index (Phi) is 5.01. The number of rotatable bonds is 6. The lowest BCUT2D eigenvalue weighted by atomic mass is 10.1. The summed E-state index contributed by atoms with van der Waals surface area (Å²) in [7, 11) is -4.12. The van der Waals surface area contributed by atoms with Crippen LogP contribution in [0.5, 0.6) is 0 Å². The predicted octanol–water partition coefficient (Wildman–Crippen LogP) is -0.0540. The van der Waals surface area contributed by atoms with Crippen LogP contribution in [0.15, 0.2) is 12.2 Å². The Hall–Kier alpha value is -0.680. The van der Waals surface area contributed by atoms with E-state index in [1.165, 1.54) is 0 Å². The van der Waals surface area contributed by atoms with Gasteiger partial charge in [-0.05, 0) is 6.42 Å². The van der Waals surface area contributed by atoms with E-state index in [2.05, 4.69) is 6.58 Å². The van der Waals surface area contributed by atoms with Crippen molar-refractivity contribution < 1.29 is 29.4 Å². The molecule has 0 fully saturated rings. The van der Waals surface area contributed by atoms with E-state index in [1.54, 1.807) is 0 Å². The van der Waals surface area contributed by atoms with Gasteiger partial charge in [0, 0.05) is 12.0 Å². The van der Waals surface area contributed by atoms with Crippen molar-refractivity contribution in [1.82, 2.24) is 0 Å². The van der Waals surface area contributed by atoms with Crippen LogP contribution in [0.1, 0.15) is 12.8 Å². The minimum Gasteiger partial charge on any atom is -0.478 e. The minimum atomic E-state index is -4.12. The smallest absolute Gasteiger partial charge is 0.331 e. The lowest BCUT2D eigenvalue weighted by Gasteiger charge is -2.10. The Morgan fingerprint density at radius 3 is 2.29 bits per heavy atom. The monoisotopic (exact) mass is 224 g/mol. The van der Waals surface area contributed by atoms with Crippen LogP contribution < -0.4 is 0 Å². The Morgan fingerprint density at radius 2 is 1.93 bits per heavy atom. The average Bonchev–Trinajstić information content (AvgIpc) is 1.99. The van der Waals surface area contributed by atoms with Gasteiger partial charge in [-0.2, -0.15) is 0 Å². The Bertz CT molecular complexity index is 267. The number of carbonyl (C=O) groups is 1. The first-order chi connectivity index (χ1) is 6.22. The molecule has 0 aromatic heterocycles. The number of aliphatic hydroxyl groups is 1. The molecule has 0 saturated heterocycles. The summed E-state index contributed by atoms with van der Waals surface area (Å²) < 4.78 is 10.4. The van der Waals surface area contributed by atoms with Crippen molar-refractivity contribution in [2.45, 2.75) is 18.9 Å². The highest BCUT2D eigenvalue weighted by Crippen LogP contribution is 2.35. The number of hydrogen-bond donors (Lipinski definition) is 4. The number of carboxylic acid groups (broad SMARTS) is 1. The highest BCUT2D eigenvalue weighted by atomic mass is 31.2. The maximum atomic E-state index is 10.4. The summed E-state index contributed by atoms with van der Waals surface area (Å²) >= 11 is 0. The van der Waals surface area contributed by atoms with Gasteiger partial charge in [0.1, 0.15) is 0 Å². The third-order valence-corrected chi connectivity index (χ3v) is 2.38. The molecule has 0 saturated carbocycles. The summed E-state index contributed by atoms with van der Waals surface area (Å²) in [5.74, 6) is -1.22. The normalized spacial score (nSPS) is 13.6. The molecule has 0 heterocycles. The van der Waals surface area contributed by atoms with Gasteiger partial charge in [0.15, 0.2) is 0 Å². The average molecular weight is 224 g/mol. The van der Waals surface area contributed by atoms with Gasteiger partial charge >= 0.3 is 13.6 Å². The first-order valence-electron chi connectivity index (χ1n) is 3.86. The largest absolute Gasteiger partial charge is 0.478 e. The third-order valence-electron chi connectivity index (χ3n) is 1.54. The predicted molar refractivity (Wildman–Crippen MR) is 48.9 cm³/mol. The number of aliphatic hydroxyl groups excluding tert-OH is 1. The molecule has 0 rings (SSSR count). The Balaban J connectivity index is 3.88. The van der Waals surface area contributed by atoms with Crippen LogP contribution in [-0.2, 0) is 9.36 Å². The molecule has 0 spiro atoms. The lowest BCUT2D eigenvalue weighted by Crippen LogP contribution is -2.13. The fourth-order valence-electron chi connectivity index (χ4n) is 0.791. The van der Waals surface area contributed by atoms with Crippen molar-refractivity contribution in [3.05, 3.63) is 12.2 Å². The van der Waals surface area contributed by atoms with E-state index in [1.807, 2.05) is 0 Å². The molecule has 0 aliphatic carbocycles. The zero-order chi connectivity index (χ0) is 11.4. The molecule has 82 valence electrons. The molecule has 0 aliphatic rings. The van der Waals surface area contributed by atoms with E-state index in [-0.39, 0.29) is 18.4 Å². The summed E-state index contributed by atoms with van der Waals surface area (Å²) in [6, 6.07) is 0. The summed E-state index contributed by atoms with van der Waals surface area (Å²) in [6.45, 7) is 3.19. The summed E-state index contributed by atoms with van der Waals surface area (Å²) in [4.78, 5) is 27.2. The van der Waals surface area contributed by atoms with Crippen LogP contribution in [-0.4, -0.2) is 38.2 Å². The van der Waals surface area contributed by atoms with Gasteiger partial charge in [-0.25, -0.2) is 4.79 Å². The van der Waals surface area contributed by atoms with Crippen LogP contribution in [0, 0.1) is 0 Å². The molecule has 0 aromatic rings. The van der Waals surface area contributed by atoms with Crippen molar-refractivity contribution in [3.63, 3.8) is 0 Å². The second kappa shape index (κ2) is 5.26. The van der Waals surface area contributed by atoms with Gasteiger partial charge in [-0.3, -0.25) is 4.57 Å². The Labute approximate surface area is 81.0 Å². The highest BCUT2D eigenvalue weighted by Gasteiger charge is 2.17. The van der Waals surface area contributed by atoms with Gasteiger partial charge in [-0.15, -0.1) is 0 Å². The van der Waals surface area contributed by atoms with Crippen LogP contribution in [0.25, 0.3) is 0 Å². The van der Waals surface area contributed by atoms with Crippen molar-refractivity contribution in [3.8, 4) is 0 Å². The van der Waals surface area contributed by atoms with E-state index >= 15 is 0 Å². The van der Waals surface area contributed by atoms with Gasteiger partial charge in [0.2, 0.25) is 0 Å². The van der Waals surface area contributed by atoms with E-state index in [4.69, 9.17) is 20.0 Å². The van der Waals surface area contributed by atoms with Crippen molar-refractivity contribution in [1.29, 1.82) is 0 Å². The maximum absolute atomic E-state index is 10.4. The Morgan fingerprint density at radius 1 is 1.43 bits per heavy atom. The quantitative estimate of drug-likeness (QED) is 0.371.